The molecule has 0 unspecified atom stereocenters. The third kappa shape index (κ3) is 4.22. The van der Waals surface area contributed by atoms with Crippen LogP contribution in [0, 0.1) is 5.41 Å². The highest BCUT2D eigenvalue weighted by Crippen LogP contribution is 2.50. The number of likely N-dealkylation sites (tertiary alicyclic amines) is 1. The molecule has 0 spiro atoms. The molecule has 1 amide bonds. The maximum absolute atomic E-state index is 13.6. The van der Waals surface area contributed by atoms with Crippen LogP contribution < -0.4 is 0 Å². The van der Waals surface area contributed by atoms with Crippen molar-refractivity contribution in [2.24, 2.45) is 5.41 Å². The Kier molecular flexibility index (Phi) is 6.70. The highest BCUT2D eigenvalue weighted by molar-refractivity contribution is 6.30. The van der Waals surface area contributed by atoms with Gasteiger partial charge in [-0.3, -0.25) is 4.79 Å². The second-order valence-corrected chi connectivity index (χ2v) is 8.95. The van der Waals surface area contributed by atoms with Crippen LogP contribution in [0.25, 0.3) is 0 Å². The topological polar surface area (TPSA) is 37.4 Å². The van der Waals surface area contributed by atoms with Crippen LogP contribution in [-0.4, -0.2) is 23.1 Å². The largest absolute Gasteiger partial charge is 0.331 e. The molecule has 0 N–H and O–H groups in total. The molecule has 2 aromatic carbocycles. The number of halogens is 2. The summed E-state index contributed by atoms with van der Waals surface area (Å²) in [5, 5.41) is 1.30. The number of piperidine rings is 1. The third-order valence-corrected chi connectivity index (χ3v) is 6.62. The number of hydrogen-bond donors (Lipinski definition) is 0. The summed E-state index contributed by atoms with van der Waals surface area (Å²) < 4.78 is 0. The lowest BCUT2D eigenvalue weighted by molar-refractivity contribution is -0.156. The Morgan fingerprint density at radius 2 is 1.72 bits per heavy atom. The van der Waals surface area contributed by atoms with E-state index in [0.717, 1.165) is 30.3 Å². The van der Waals surface area contributed by atoms with E-state index < -0.39 is 5.41 Å². The summed E-state index contributed by atoms with van der Waals surface area (Å²) in [6.07, 6.45) is 2.91. The number of amides is 1. The van der Waals surface area contributed by atoms with Crippen molar-refractivity contribution in [1.82, 2.24) is 4.90 Å². The highest BCUT2D eigenvalue weighted by Gasteiger charge is 2.51. The molecule has 1 heterocycles. The normalized spacial score (nSPS) is 24.8. The monoisotopic (exact) mass is 431 g/mol. The van der Waals surface area contributed by atoms with Gasteiger partial charge < -0.3 is 9.69 Å². The molecule has 29 heavy (non-hydrogen) atoms. The third-order valence-electron chi connectivity index (χ3n) is 6.13. The summed E-state index contributed by atoms with van der Waals surface area (Å²) in [7, 11) is 0. The Bertz CT molecular complexity index is 879. The van der Waals surface area contributed by atoms with Crippen LogP contribution in [-0.2, 0) is 9.59 Å². The van der Waals surface area contributed by atoms with Crippen molar-refractivity contribution in [2.45, 2.75) is 58.0 Å². The quantitative estimate of drug-likeness (QED) is 0.389. The van der Waals surface area contributed by atoms with Crippen molar-refractivity contribution < 1.29 is 9.59 Å². The lowest BCUT2D eigenvalue weighted by Gasteiger charge is -2.50. The fourth-order valence-corrected chi connectivity index (χ4v) is 4.86. The van der Waals surface area contributed by atoms with E-state index in [1.165, 1.54) is 0 Å². The first-order valence-corrected chi connectivity index (χ1v) is 10.9. The SMILES string of the molecule is CCC(CC)N1C(=O)[C@@](C)(C=O)C[C@H](c2cccc(Cl)c2)[C@H]1c1ccc(Cl)cc1. The van der Waals surface area contributed by atoms with Gasteiger partial charge in [0, 0.05) is 22.0 Å². The van der Waals surface area contributed by atoms with Crippen LogP contribution in [0.1, 0.15) is 63.1 Å². The second kappa shape index (κ2) is 8.89. The first-order chi connectivity index (χ1) is 13.8. The minimum absolute atomic E-state index is 0.0458. The molecular formula is C24H27Cl2NO2. The maximum Gasteiger partial charge on any atom is 0.236 e. The zero-order valence-electron chi connectivity index (χ0n) is 17.1. The Morgan fingerprint density at radius 3 is 2.28 bits per heavy atom. The molecule has 154 valence electrons. The average Bonchev–Trinajstić information content (AvgIpc) is 2.72. The van der Waals surface area contributed by atoms with Crippen LogP contribution in [0.15, 0.2) is 48.5 Å². The first-order valence-electron chi connectivity index (χ1n) is 10.1. The summed E-state index contributed by atoms with van der Waals surface area (Å²) in [5.41, 5.74) is 1.000. The van der Waals surface area contributed by atoms with Gasteiger partial charge in [-0.2, -0.15) is 0 Å². The van der Waals surface area contributed by atoms with Gasteiger partial charge in [0.15, 0.2) is 0 Å². The lowest BCUT2D eigenvalue weighted by Crippen LogP contribution is -2.56. The van der Waals surface area contributed by atoms with Gasteiger partial charge in [0.1, 0.15) is 11.7 Å². The average molecular weight is 432 g/mol. The van der Waals surface area contributed by atoms with Crippen LogP contribution in [0.5, 0.6) is 0 Å². The Balaban J connectivity index is 2.22. The Hall–Kier alpha value is -1.84. The van der Waals surface area contributed by atoms with Crippen molar-refractivity contribution >= 4 is 35.4 Å². The number of aldehydes is 1. The molecular weight excluding hydrogens is 405 g/mol. The Morgan fingerprint density at radius 1 is 1.07 bits per heavy atom. The van der Waals surface area contributed by atoms with Gasteiger partial charge in [0.25, 0.3) is 0 Å². The predicted molar refractivity (Wildman–Crippen MR) is 118 cm³/mol. The zero-order valence-corrected chi connectivity index (χ0v) is 18.6. The van der Waals surface area contributed by atoms with Gasteiger partial charge in [0.05, 0.1) is 6.04 Å². The van der Waals surface area contributed by atoms with E-state index in [-0.39, 0.29) is 23.9 Å². The second-order valence-electron chi connectivity index (χ2n) is 8.08. The van der Waals surface area contributed by atoms with E-state index >= 15 is 0 Å². The minimum Gasteiger partial charge on any atom is -0.331 e. The minimum atomic E-state index is -1.06. The van der Waals surface area contributed by atoms with Crippen molar-refractivity contribution in [1.29, 1.82) is 0 Å². The summed E-state index contributed by atoms with van der Waals surface area (Å²) in [6, 6.07) is 15.3. The standard InChI is InChI=1S/C24H27Cl2NO2/c1-4-20(5-2)27-22(16-9-11-18(25)12-10-16)21(14-24(3,15-28)23(27)29)17-7-6-8-19(26)13-17/h6-13,15,20-22H,4-5,14H2,1-3H3/t21-,22-,24-/m1/s1. The number of rotatable bonds is 6. The van der Waals surface area contributed by atoms with E-state index in [1.807, 2.05) is 53.4 Å². The lowest BCUT2D eigenvalue weighted by atomic mass is 9.69. The molecule has 3 nitrogen and oxygen atoms in total. The van der Waals surface area contributed by atoms with Gasteiger partial charge in [-0.1, -0.05) is 61.3 Å². The number of hydrogen-bond acceptors (Lipinski definition) is 2. The fraction of sp³-hybridized carbons (Fsp3) is 0.417. The molecule has 2 aromatic rings. The van der Waals surface area contributed by atoms with Gasteiger partial charge in [-0.25, -0.2) is 0 Å². The molecule has 3 atom stereocenters. The van der Waals surface area contributed by atoms with E-state index in [1.54, 1.807) is 6.92 Å². The molecule has 0 bridgehead atoms. The molecule has 0 aliphatic carbocycles. The molecule has 0 radical (unpaired) electrons. The predicted octanol–water partition coefficient (Wildman–Crippen LogP) is 6.44. The molecule has 1 aliphatic heterocycles. The summed E-state index contributed by atoms with van der Waals surface area (Å²) in [6.45, 7) is 5.93. The number of carbonyl (C=O) groups excluding carboxylic acids is 2. The van der Waals surface area contributed by atoms with E-state index in [4.69, 9.17) is 23.2 Å². The summed E-state index contributed by atoms with van der Waals surface area (Å²) >= 11 is 12.4. The smallest absolute Gasteiger partial charge is 0.236 e. The van der Waals surface area contributed by atoms with E-state index in [0.29, 0.717) is 16.5 Å². The van der Waals surface area contributed by atoms with E-state index in [2.05, 4.69) is 13.8 Å². The highest BCUT2D eigenvalue weighted by atomic mass is 35.5. The zero-order chi connectivity index (χ0) is 21.2. The Labute approximate surface area is 183 Å². The fourth-order valence-electron chi connectivity index (χ4n) is 4.53. The summed E-state index contributed by atoms with van der Waals surface area (Å²) in [4.78, 5) is 27.6. The number of carbonyl (C=O) groups is 2. The number of benzene rings is 2. The first kappa shape index (κ1) is 21.9. The van der Waals surface area contributed by atoms with Crippen LogP contribution in [0.4, 0.5) is 0 Å². The number of nitrogens with zero attached hydrogens (tertiary/aromatic N) is 1. The van der Waals surface area contributed by atoms with Crippen molar-refractivity contribution in [3.8, 4) is 0 Å². The molecule has 1 saturated heterocycles. The molecule has 3 rings (SSSR count). The van der Waals surface area contributed by atoms with Crippen LogP contribution in [0.2, 0.25) is 10.0 Å². The molecule has 0 saturated carbocycles. The summed E-state index contributed by atoms with van der Waals surface area (Å²) in [5.74, 6) is -0.150. The molecule has 5 heteroatoms. The van der Waals surface area contributed by atoms with Crippen molar-refractivity contribution in [3.05, 3.63) is 69.7 Å². The molecule has 1 fully saturated rings. The van der Waals surface area contributed by atoms with Crippen molar-refractivity contribution in [3.63, 3.8) is 0 Å². The van der Waals surface area contributed by atoms with Gasteiger partial charge >= 0.3 is 0 Å². The molecule has 1 aliphatic rings. The van der Waals surface area contributed by atoms with Gasteiger partial charge in [-0.05, 0) is 61.6 Å². The maximum atomic E-state index is 13.6. The van der Waals surface area contributed by atoms with Crippen LogP contribution in [0.3, 0.4) is 0 Å². The molecule has 0 aromatic heterocycles. The van der Waals surface area contributed by atoms with Gasteiger partial charge in [-0.15, -0.1) is 0 Å². The van der Waals surface area contributed by atoms with E-state index in [9.17, 15) is 9.59 Å². The van der Waals surface area contributed by atoms with Gasteiger partial charge in [0.2, 0.25) is 5.91 Å². The van der Waals surface area contributed by atoms with Crippen molar-refractivity contribution in [2.75, 3.05) is 0 Å². The van der Waals surface area contributed by atoms with Crippen LogP contribution >= 0.6 is 23.2 Å².